The summed E-state index contributed by atoms with van der Waals surface area (Å²) in [5, 5.41) is 3.96. The van der Waals surface area contributed by atoms with Crippen LogP contribution in [0.5, 0.6) is 0 Å². The maximum atomic E-state index is 12.3. The van der Waals surface area contributed by atoms with Crippen molar-refractivity contribution >= 4 is 5.91 Å². The van der Waals surface area contributed by atoms with Gasteiger partial charge in [0.1, 0.15) is 0 Å². The summed E-state index contributed by atoms with van der Waals surface area (Å²) >= 11 is 0. The van der Waals surface area contributed by atoms with Crippen LogP contribution in [0, 0.1) is 12.8 Å². The number of hydrogen-bond acceptors (Lipinski definition) is 5. The van der Waals surface area contributed by atoms with Crippen LogP contribution < -0.4 is 0 Å². The zero-order valence-electron chi connectivity index (χ0n) is 14.2. The van der Waals surface area contributed by atoms with Gasteiger partial charge in [-0.05, 0) is 32.1 Å². The van der Waals surface area contributed by atoms with Gasteiger partial charge in [0, 0.05) is 51.9 Å². The number of hydrogen-bond donors (Lipinski definition) is 0. The molecule has 0 radical (unpaired) electrons. The van der Waals surface area contributed by atoms with Gasteiger partial charge in [-0.3, -0.25) is 9.69 Å². The molecule has 6 nitrogen and oxygen atoms in total. The highest BCUT2D eigenvalue weighted by Crippen LogP contribution is 2.32. The van der Waals surface area contributed by atoms with E-state index < -0.39 is 0 Å². The molecule has 0 aromatic carbocycles. The Labute approximate surface area is 137 Å². The third-order valence-electron chi connectivity index (χ3n) is 5.03. The third-order valence-corrected chi connectivity index (χ3v) is 5.03. The van der Waals surface area contributed by atoms with Crippen molar-refractivity contribution < 1.29 is 14.1 Å². The number of carbonyl (C=O) groups excluding carboxylic acids is 1. The van der Waals surface area contributed by atoms with Crippen LogP contribution in [0.1, 0.15) is 37.1 Å². The van der Waals surface area contributed by atoms with Crippen molar-refractivity contribution in [3.8, 4) is 0 Å². The van der Waals surface area contributed by atoms with Crippen LogP contribution in [0.2, 0.25) is 0 Å². The number of piperidine rings is 2. The number of aryl methyl sites for hydroxylation is 1. The Morgan fingerprint density at radius 2 is 2.30 bits per heavy atom. The number of amides is 1. The Bertz CT molecular complexity index is 531. The van der Waals surface area contributed by atoms with E-state index in [2.05, 4.69) is 15.0 Å². The number of aromatic nitrogens is 1. The predicted octanol–water partition coefficient (Wildman–Crippen LogP) is 1.83. The number of nitrogens with zero attached hydrogens (tertiary/aromatic N) is 3. The molecular weight excluding hydrogens is 294 g/mol. The first-order valence-electron chi connectivity index (χ1n) is 8.60. The van der Waals surface area contributed by atoms with Gasteiger partial charge in [0.2, 0.25) is 5.91 Å². The summed E-state index contributed by atoms with van der Waals surface area (Å²) in [6.45, 7) is 6.37. The molecule has 0 saturated carbocycles. The summed E-state index contributed by atoms with van der Waals surface area (Å²) in [5.74, 6) is 1.83. The van der Waals surface area contributed by atoms with E-state index in [4.69, 9.17) is 9.26 Å². The van der Waals surface area contributed by atoms with Gasteiger partial charge in [-0.1, -0.05) is 5.16 Å². The van der Waals surface area contributed by atoms with Gasteiger partial charge in [-0.15, -0.1) is 0 Å². The Hall–Kier alpha value is -1.40. The second kappa shape index (κ2) is 7.45. The Morgan fingerprint density at radius 3 is 3.04 bits per heavy atom. The van der Waals surface area contributed by atoms with Crippen molar-refractivity contribution in [2.75, 3.05) is 33.4 Å². The molecule has 2 saturated heterocycles. The van der Waals surface area contributed by atoms with Crippen molar-refractivity contribution in [2.45, 2.75) is 45.2 Å². The topological polar surface area (TPSA) is 58.8 Å². The van der Waals surface area contributed by atoms with Crippen LogP contribution >= 0.6 is 0 Å². The summed E-state index contributed by atoms with van der Waals surface area (Å²) in [5.41, 5.74) is 0.933. The number of fused-ring (bicyclic) bond motifs is 1. The van der Waals surface area contributed by atoms with Crippen molar-refractivity contribution in [2.24, 2.45) is 5.92 Å². The molecule has 128 valence electrons. The molecule has 1 aromatic rings. The lowest BCUT2D eigenvalue weighted by atomic mass is 9.83. The summed E-state index contributed by atoms with van der Waals surface area (Å²) in [6.07, 6.45) is 3.67. The molecule has 6 heteroatoms. The van der Waals surface area contributed by atoms with Crippen LogP contribution in [-0.4, -0.2) is 60.3 Å². The van der Waals surface area contributed by atoms with E-state index in [1.165, 1.54) is 0 Å². The quantitative estimate of drug-likeness (QED) is 0.748. The average molecular weight is 321 g/mol. The SMILES string of the molecule is COCCCN1C(=O)CC[C@H]2CN(Cc3cc(C)no3)CC[C@H]21. The highest BCUT2D eigenvalue weighted by molar-refractivity contribution is 5.77. The van der Waals surface area contributed by atoms with E-state index in [1.807, 2.05) is 13.0 Å². The Morgan fingerprint density at radius 1 is 1.43 bits per heavy atom. The van der Waals surface area contributed by atoms with Crippen molar-refractivity contribution in [3.63, 3.8) is 0 Å². The van der Waals surface area contributed by atoms with E-state index in [-0.39, 0.29) is 0 Å². The summed E-state index contributed by atoms with van der Waals surface area (Å²) < 4.78 is 10.5. The van der Waals surface area contributed by atoms with Crippen LogP contribution in [0.3, 0.4) is 0 Å². The minimum atomic E-state index is 0.321. The van der Waals surface area contributed by atoms with Crippen LogP contribution in [0.4, 0.5) is 0 Å². The lowest BCUT2D eigenvalue weighted by molar-refractivity contribution is -0.141. The van der Waals surface area contributed by atoms with Gasteiger partial charge in [0.05, 0.1) is 12.2 Å². The Balaban J connectivity index is 1.57. The van der Waals surface area contributed by atoms with E-state index in [0.717, 1.165) is 63.5 Å². The second-order valence-electron chi connectivity index (χ2n) is 6.76. The van der Waals surface area contributed by atoms with Gasteiger partial charge in [-0.2, -0.15) is 0 Å². The molecule has 3 rings (SSSR count). The normalized spacial score (nSPS) is 25.7. The summed E-state index contributed by atoms with van der Waals surface area (Å²) in [4.78, 5) is 16.8. The second-order valence-corrected chi connectivity index (χ2v) is 6.76. The minimum absolute atomic E-state index is 0.321. The van der Waals surface area contributed by atoms with Gasteiger partial charge >= 0.3 is 0 Å². The summed E-state index contributed by atoms with van der Waals surface area (Å²) in [7, 11) is 1.71. The molecule has 0 N–H and O–H groups in total. The van der Waals surface area contributed by atoms with Gasteiger partial charge in [0.25, 0.3) is 0 Å². The first-order chi connectivity index (χ1) is 11.2. The highest BCUT2D eigenvalue weighted by Gasteiger charge is 2.39. The molecule has 23 heavy (non-hydrogen) atoms. The first-order valence-corrected chi connectivity index (χ1v) is 8.60. The van der Waals surface area contributed by atoms with E-state index >= 15 is 0 Å². The number of likely N-dealkylation sites (tertiary alicyclic amines) is 2. The van der Waals surface area contributed by atoms with Crippen molar-refractivity contribution in [1.29, 1.82) is 0 Å². The van der Waals surface area contributed by atoms with Gasteiger partial charge < -0.3 is 14.2 Å². The molecule has 2 atom stereocenters. The zero-order valence-corrected chi connectivity index (χ0v) is 14.2. The maximum absolute atomic E-state index is 12.3. The molecule has 2 fully saturated rings. The highest BCUT2D eigenvalue weighted by atomic mass is 16.5. The molecule has 1 amide bonds. The fourth-order valence-corrected chi connectivity index (χ4v) is 3.95. The van der Waals surface area contributed by atoms with Crippen LogP contribution in [0.15, 0.2) is 10.6 Å². The largest absolute Gasteiger partial charge is 0.385 e. The average Bonchev–Trinajstić information content (AvgIpc) is 2.95. The monoisotopic (exact) mass is 321 g/mol. The third kappa shape index (κ3) is 3.93. The van der Waals surface area contributed by atoms with E-state index in [1.54, 1.807) is 7.11 Å². The zero-order chi connectivity index (χ0) is 16.2. The number of methoxy groups -OCH3 is 1. The predicted molar refractivity (Wildman–Crippen MR) is 85.9 cm³/mol. The lowest BCUT2D eigenvalue weighted by Gasteiger charge is -2.47. The minimum Gasteiger partial charge on any atom is -0.385 e. The maximum Gasteiger partial charge on any atom is 0.222 e. The molecule has 2 aliphatic rings. The lowest BCUT2D eigenvalue weighted by Crippen LogP contribution is -2.56. The molecule has 3 heterocycles. The molecule has 0 spiro atoms. The number of carbonyl (C=O) groups is 1. The van der Waals surface area contributed by atoms with Gasteiger partial charge in [-0.25, -0.2) is 0 Å². The molecule has 0 unspecified atom stereocenters. The van der Waals surface area contributed by atoms with E-state index in [9.17, 15) is 4.79 Å². The standard InChI is InChI=1S/C17H27N3O3/c1-13-10-15(23-18-13)12-19-8-6-16-14(11-19)4-5-17(21)20(16)7-3-9-22-2/h10,14,16H,3-9,11-12H2,1-2H3/t14-,16+/m0/s1. The molecule has 1 aromatic heterocycles. The molecule has 0 aliphatic carbocycles. The number of ether oxygens (including phenoxy) is 1. The van der Waals surface area contributed by atoms with E-state index in [0.29, 0.717) is 24.3 Å². The Kier molecular flexibility index (Phi) is 5.33. The smallest absolute Gasteiger partial charge is 0.222 e. The van der Waals surface area contributed by atoms with Gasteiger partial charge in [0.15, 0.2) is 5.76 Å². The molecule has 0 bridgehead atoms. The van der Waals surface area contributed by atoms with Crippen molar-refractivity contribution in [1.82, 2.24) is 15.0 Å². The van der Waals surface area contributed by atoms with Crippen LogP contribution in [0.25, 0.3) is 0 Å². The van der Waals surface area contributed by atoms with Crippen LogP contribution in [-0.2, 0) is 16.1 Å². The first kappa shape index (κ1) is 16.5. The fraction of sp³-hybridized carbons (Fsp3) is 0.765. The summed E-state index contributed by atoms with van der Waals surface area (Å²) in [6, 6.07) is 2.41. The number of rotatable bonds is 6. The fourth-order valence-electron chi connectivity index (χ4n) is 3.95. The van der Waals surface area contributed by atoms with Crippen molar-refractivity contribution in [3.05, 3.63) is 17.5 Å². The molecule has 2 aliphatic heterocycles. The molecular formula is C17H27N3O3.